The van der Waals surface area contributed by atoms with Crippen molar-refractivity contribution in [2.45, 2.75) is 68.0 Å². The number of hydrogen-bond acceptors (Lipinski definition) is 5. The van der Waals surface area contributed by atoms with Crippen molar-refractivity contribution in [3.05, 3.63) is 30.3 Å². The van der Waals surface area contributed by atoms with Gasteiger partial charge in [0.25, 0.3) is 0 Å². The summed E-state index contributed by atoms with van der Waals surface area (Å²) in [6, 6.07) is 9.11. The summed E-state index contributed by atoms with van der Waals surface area (Å²) in [4.78, 5) is 14.0. The number of likely N-dealkylation sites (tertiary alicyclic amines) is 1. The number of rotatable bonds is 6. The minimum absolute atomic E-state index is 0.00707. The summed E-state index contributed by atoms with van der Waals surface area (Å²) in [7, 11) is -1.35. The molecule has 0 saturated carbocycles. The molecule has 2 fully saturated rings. The molecule has 1 aromatic rings. The number of aliphatic hydroxyl groups is 1. The van der Waals surface area contributed by atoms with Crippen molar-refractivity contribution in [3.63, 3.8) is 0 Å². The Morgan fingerprint density at radius 2 is 1.94 bits per heavy atom. The van der Waals surface area contributed by atoms with E-state index < -0.39 is 41.6 Å². The van der Waals surface area contributed by atoms with Gasteiger partial charge in [-0.05, 0) is 45.2 Å². The van der Waals surface area contributed by atoms with Crippen molar-refractivity contribution in [3.8, 4) is 0 Å². The first-order valence-corrected chi connectivity index (χ1v) is 11.7. The highest BCUT2D eigenvalue weighted by atomic mass is 32.2. The van der Waals surface area contributed by atoms with Crippen LogP contribution >= 0.6 is 0 Å². The van der Waals surface area contributed by atoms with Crippen LogP contribution in [0.25, 0.3) is 0 Å². The van der Waals surface area contributed by atoms with Gasteiger partial charge in [0.15, 0.2) is 0 Å². The summed E-state index contributed by atoms with van der Waals surface area (Å²) in [5, 5.41) is 8.86. The predicted octanol–water partition coefficient (Wildman–Crippen LogP) is 3.10. The Hall–Kier alpha value is -1.69. The normalized spacial score (nSPS) is 23.0. The molecular formula is C21H29F3N2O5S. The average Bonchev–Trinajstić information content (AvgIpc) is 3.14. The number of alkyl halides is 3. The third-order valence-electron chi connectivity index (χ3n) is 5.90. The minimum atomic E-state index is -4.82. The number of aliphatic hydroxyl groups excluding tert-OH is 1. The molecular weight excluding hydrogens is 449 g/mol. The van der Waals surface area contributed by atoms with Gasteiger partial charge in [-0.1, -0.05) is 18.2 Å². The fourth-order valence-corrected chi connectivity index (χ4v) is 5.66. The van der Waals surface area contributed by atoms with Crippen molar-refractivity contribution in [1.29, 1.82) is 0 Å². The van der Waals surface area contributed by atoms with Gasteiger partial charge in [-0.2, -0.15) is 13.2 Å². The number of carbonyl (C=O) groups excluding carboxylic acids is 1. The third kappa shape index (κ3) is 5.62. The van der Waals surface area contributed by atoms with Crippen LogP contribution in [-0.4, -0.2) is 80.9 Å². The fourth-order valence-electron chi connectivity index (χ4n) is 4.24. The molecule has 32 heavy (non-hydrogen) atoms. The zero-order valence-corrected chi connectivity index (χ0v) is 18.9. The molecule has 0 aromatic heterocycles. The van der Waals surface area contributed by atoms with Gasteiger partial charge in [0.05, 0.1) is 23.7 Å². The average molecular weight is 479 g/mol. The van der Waals surface area contributed by atoms with Crippen LogP contribution < -0.4 is 0 Å². The molecule has 1 aromatic carbocycles. The molecule has 2 saturated heterocycles. The maximum absolute atomic E-state index is 13.2. The van der Waals surface area contributed by atoms with Gasteiger partial charge in [-0.15, -0.1) is 0 Å². The van der Waals surface area contributed by atoms with Crippen LogP contribution in [0.1, 0.15) is 33.1 Å². The number of benzene rings is 1. The zero-order chi connectivity index (χ0) is 23.5. The highest BCUT2D eigenvalue weighted by Crippen LogP contribution is 2.39. The molecule has 1 unspecified atom stereocenters. The topological polar surface area (TPSA) is 79.3 Å². The van der Waals surface area contributed by atoms with Crippen LogP contribution in [-0.2, 0) is 20.5 Å². The van der Waals surface area contributed by atoms with E-state index in [0.717, 1.165) is 0 Å². The van der Waals surface area contributed by atoms with Crippen molar-refractivity contribution >= 4 is 17.1 Å². The van der Waals surface area contributed by atoms with E-state index in [-0.39, 0.29) is 25.2 Å². The Morgan fingerprint density at radius 3 is 2.47 bits per heavy atom. The lowest BCUT2D eigenvalue weighted by atomic mass is 9.87. The van der Waals surface area contributed by atoms with E-state index in [1.807, 2.05) is 48.5 Å². The van der Waals surface area contributed by atoms with E-state index in [1.165, 1.54) is 4.90 Å². The number of hydrogen-bond donors (Lipinski definition) is 1. The van der Waals surface area contributed by atoms with Crippen LogP contribution in [0, 0.1) is 0 Å². The monoisotopic (exact) mass is 478 g/mol. The number of piperidine rings is 1. The lowest BCUT2D eigenvalue weighted by Crippen LogP contribution is -2.49. The molecule has 7 nitrogen and oxygen atoms in total. The molecule has 180 valence electrons. The number of halogens is 3. The van der Waals surface area contributed by atoms with Crippen LogP contribution in [0.5, 0.6) is 0 Å². The van der Waals surface area contributed by atoms with E-state index in [2.05, 4.69) is 4.74 Å². The zero-order valence-electron chi connectivity index (χ0n) is 18.1. The van der Waals surface area contributed by atoms with Crippen LogP contribution in [0.2, 0.25) is 0 Å². The molecule has 1 spiro atoms. The molecule has 2 aliphatic rings. The van der Waals surface area contributed by atoms with Crippen molar-refractivity contribution in [2.75, 3.05) is 26.3 Å². The number of amides is 1. The molecule has 11 heteroatoms. The lowest BCUT2D eigenvalue weighted by Gasteiger charge is -2.39. The second kappa shape index (κ2) is 10.1. The van der Waals surface area contributed by atoms with E-state index in [4.69, 9.17) is 9.84 Å². The lowest BCUT2D eigenvalue weighted by molar-refractivity contribution is -0.215. The van der Waals surface area contributed by atoms with Gasteiger partial charge in [0.2, 0.25) is 6.10 Å². The molecule has 2 aliphatic heterocycles. The first-order valence-electron chi connectivity index (χ1n) is 10.6. The van der Waals surface area contributed by atoms with E-state index in [0.29, 0.717) is 30.8 Å². The smallest absolute Gasteiger partial charge is 0.427 e. The SMILES string of the molecule is CC(C)N([C@H]1COC2(CCN(C(=O)O[C@H](CO)C(F)(F)F)CC2)C1)S(=O)c1ccccc1. The second-order valence-corrected chi connectivity index (χ2v) is 9.84. The van der Waals surface area contributed by atoms with E-state index >= 15 is 0 Å². The third-order valence-corrected chi connectivity index (χ3v) is 7.68. The Balaban J connectivity index is 1.60. The summed E-state index contributed by atoms with van der Waals surface area (Å²) >= 11 is 0. The summed E-state index contributed by atoms with van der Waals surface area (Å²) in [5.74, 6) is 0. The molecule has 0 aliphatic carbocycles. The second-order valence-electron chi connectivity index (χ2n) is 8.45. The number of ether oxygens (including phenoxy) is 2. The maximum atomic E-state index is 13.2. The maximum Gasteiger partial charge on any atom is 0.427 e. The van der Waals surface area contributed by atoms with Crippen LogP contribution in [0.15, 0.2) is 35.2 Å². The van der Waals surface area contributed by atoms with Gasteiger partial charge >= 0.3 is 12.3 Å². The predicted molar refractivity (Wildman–Crippen MR) is 111 cm³/mol. The highest BCUT2D eigenvalue weighted by molar-refractivity contribution is 7.82. The molecule has 0 bridgehead atoms. The summed E-state index contributed by atoms with van der Waals surface area (Å²) < 4.78 is 64.0. The highest BCUT2D eigenvalue weighted by Gasteiger charge is 2.48. The molecule has 3 rings (SSSR count). The van der Waals surface area contributed by atoms with Gasteiger partial charge in [-0.3, -0.25) is 0 Å². The van der Waals surface area contributed by atoms with Crippen molar-refractivity contribution < 1.29 is 36.8 Å². The minimum Gasteiger partial charge on any atom is -0.434 e. The molecule has 1 amide bonds. The van der Waals surface area contributed by atoms with Crippen molar-refractivity contribution in [1.82, 2.24) is 9.21 Å². The Morgan fingerprint density at radius 1 is 1.31 bits per heavy atom. The van der Waals surface area contributed by atoms with Gasteiger partial charge in [0, 0.05) is 25.2 Å². The van der Waals surface area contributed by atoms with E-state index in [1.54, 1.807) is 0 Å². The first-order chi connectivity index (χ1) is 15.1. The van der Waals surface area contributed by atoms with Crippen molar-refractivity contribution in [2.24, 2.45) is 0 Å². The summed E-state index contributed by atoms with van der Waals surface area (Å²) in [6.45, 7) is 3.39. The quantitative estimate of drug-likeness (QED) is 0.680. The van der Waals surface area contributed by atoms with Crippen LogP contribution in [0.3, 0.4) is 0 Å². The largest absolute Gasteiger partial charge is 0.434 e. The Labute approximate surface area is 188 Å². The van der Waals surface area contributed by atoms with E-state index in [9.17, 15) is 22.2 Å². The summed E-state index contributed by atoms with van der Waals surface area (Å²) in [6.07, 6.45) is -6.95. The Kier molecular flexibility index (Phi) is 7.85. The molecule has 1 N–H and O–H groups in total. The van der Waals surface area contributed by atoms with Crippen LogP contribution in [0.4, 0.5) is 18.0 Å². The molecule has 3 atom stereocenters. The molecule has 2 heterocycles. The van der Waals surface area contributed by atoms with Gasteiger partial charge in [-0.25, -0.2) is 13.3 Å². The van der Waals surface area contributed by atoms with Gasteiger partial charge in [0.1, 0.15) is 11.0 Å². The molecule has 0 radical (unpaired) electrons. The Bertz CT molecular complexity index is 800. The standard InChI is InChI=1S/C21H29F3N2O5S/c1-15(2)26(32(29)17-6-4-3-5-7-17)16-12-20(30-14-16)8-10-25(11-9-20)19(28)31-18(13-27)21(22,23)24/h3-7,15-16,18,27H,8-14H2,1-2H3/t16-,18-,32?/m1/s1. The summed E-state index contributed by atoms with van der Waals surface area (Å²) in [5.41, 5.74) is -0.518. The number of nitrogens with zero attached hydrogens (tertiary/aromatic N) is 2. The van der Waals surface area contributed by atoms with Gasteiger partial charge < -0.3 is 19.5 Å². The number of carbonyl (C=O) groups is 1. The fraction of sp³-hybridized carbons (Fsp3) is 0.667. The first kappa shape index (κ1) is 24.9.